The van der Waals surface area contributed by atoms with Crippen molar-refractivity contribution in [3.8, 4) is 11.5 Å². The number of aromatic nitrogens is 2. The Hall–Kier alpha value is -1.26. The first kappa shape index (κ1) is 9.30. The van der Waals surface area contributed by atoms with Crippen molar-refractivity contribution < 1.29 is 4.52 Å². The van der Waals surface area contributed by atoms with Crippen molar-refractivity contribution in [2.45, 2.75) is 0 Å². The van der Waals surface area contributed by atoms with Gasteiger partial charge in [-0.3, -0.25) is 0 Å². The number of hydrogen-bond acceptors (Lipinski definition) is 4. The maximum Gasteiger partial charge on any atom is 0.261 e. The summed E-state index contributed by atoms with van der Waals surface area (Å²) < 4.78 is 4.86. The van der Waals surface area contributed by atoms with Crippen LogP contribution < -0.4 is 5.73 Å². The summed E-state index contributed by atoms with van der Waals surface area (Å²) in [4.78, 5) is 3.84. The highest BCUT2D eigenvalue weighted by Crippen LogP contribution is 2.29. The number of nitrogen functional groups attached to an aromatic ring is 1. The molecule has 0 unspecified atom stereocenters. The van der Waals surface area contributed by atoms with E-state index in [0.717, 1.165) is 0 Å². The quantitative estimate of drug-likeness (QED) is 0.817. The molecule has 0 radical (unpaired) electrons. The van der Waals surface area contributed by atoms with Crippen LogP contribution in [0.5, 0.6) is 0 Å². The Balaban J connectivity index is 2.55. The van der Waals surface area contributed by atoms with Crippen LogP contribution in [0.2, 0.25) is 10.0 Å². The van der Waals surface area contributed by atoms with E-state index in [1.165, 1.54) is 0 Å². The number of anilines is 1. The smallest absolute Gasteiger partial charge is 0.261 e. The molecule has 0 aliphatic heterocycles. The van der Waals surface area contributed by atoms with Crippen LogP contribution in [0.15, 0.2) is 22.7 Å². The minimum atomic E-state index is 0.0658. The van der Waals surface area contributed by atoms with E-state index in [9.17, 15) is 0 Å². The van der Waals surface area contributed by atoms with Crippen LogP contribution in [0.1, 0.15) is 0 Å². The van der Waals surface area contributed by atoms with E-state index < -0.39 is 0 Å². The maximum absolute atomic E-state index is 5.91. The number of halogens is 2. The van der Waals surface area contributed by atoms with E-state index in [2.05, 4.69) is 10.1 Å². The summed E-state index contributed by atoms with van der Waals surface area (Å²) in [5, 5.41) is 4.48. The normalized spacial score (nSPS) is 10.4. The average Bonchev–Trinajstić information content (AvgIpc) is 2.56. The number of nitrogens with two attached hydrogens (primary N) is 1. The number of benzene rings is 1. The largest absolute Gasteiger partial charge is 0.365 e. The zero-order valence-corrected chi connectivity index (χ0v) is 8.38. The summed E-state index contributed by atoms with van der Waals surface area (Å²) in [5.74, 6) is 0.325. The van der Waals surface area contributed by atoms with Gasteiger partial charge in [0, 0.05) is 5.02 Å². The summed E-state index contributed by atoms with van der Waals surface area (Å²) in [6.45, 7) is 0. The first-order valence-electron chi connectivity index (χ1n) is 3.71. The van der Waals surface area contributed by atoms with E-state index in [-0.39, 0.29) is 11.8 Å². The molecule has 2 rings (SSSR count). The monoisotopic (exact) mass is 229 g/mol. The number of nitrogens with zero attached hydrogens (tertiary/aromatic N) is 2. The molecular formula is C8H5Cl2N3O. The molecule has 0 bridgehead atoms. The molecule has 0 amide bonds. The Morgan fingerprint density at radius 1 is 1.29 bits per heavy atom. The van der Waals surface area contributed by atoms with Gasteiger partial charge in [0.15, 0.2) is 0 Å². The highest BCUT2D eigenvalue weighted by atomic mass is 35.5. The third-order valence-electron chi connectivity index (χ3n) is 1.60. The molecule has 0 fully saturated rings. The van der Waals surface area contributed by atoms with Gasteiger partial charge in [-0.05, 0) is 23.4 Å². The minimum Gasteiger partial charge on any atom is -0.365 e. The molecule has 0 spiro atoms. The van der Waals surface area contributed by atoms with E-state index in [4.69, 9.17) is 33.5 Å². The molecule has 1 heterocycles. The average molecular weight is 230 g/mol. The van der Waals surface area contributed by atoms with Gasteiger partial charge in [-0.1, -0.05) is 23.2 Å². The van der Waals surface area contributed by atoms with Crippen LogP contribution in [0.25, 0.3) is 11.5 Å². The Bertz CT molecular complexity index is 469. The van der Waals surface area contributed by atoms with Crippen molar-refractivity contribution in [2.24, 2.45) is 0 Å². The van der Waals surface area contributed by atoms with Crippen molar-refractivity contribution in [2.75, 3.05) is 5.73 Å². The zero-order chi connectivity index (χ0) is 10.1. The zero-order valence-electron chi connectivity index (χ0n) is 6.87. The lowest BCUT2D eigenvalue weighted by Crippen LogP contribution is -1.86. The van der Waals surface area contributed by atoms with E-state index in [0.29, 0.717) is 15.6 Å². The topological polar surface area (TPSA) is 64.9 Å². The van der Waals surface area contributed by atoms with Crippen molar-refractivity contribution in [1.82, 2.24) is 10.1 Å². The molecular weight excluding hydrogens is 225 g/mol. The van der Waals surface area contributed by atoms with Crippen LogP contribution in [-0.2, 0) is 0 Å². The summed E-state index contributed by atoms with van der Waals surface area (Å²) in [6.07, 6.45) is 0. The molecule has 1 aromatic carbocycles. The molecule has 2 aromatic rings. The predicted octanol–water partition coefficient (Wildman–Crippen LogP) is 2.63. The molecule has 2 N–H and O–H groups in total. The summed E-state index contributed by atoms with van der Waals surface area (Å²) >= 11 is 11.7. The molecule has 1 aromatic heterocycles. The van der Waals surface area contributed by atoms with Crippen molar-refractivity contribution in [1.29, 1.82) is 0 Å². The van der Waals surface area contributed by atoms with Crippen LogP contribution in [0.3, 0.4) is 0 Å². The standard InChI is InChI=1S/C8H5Cl2N3O/c9-4-1-2-6(10)5(3-4)7-12-8(11)13-14-7/h1-3H,(H2,11,13). The molecule has 0 atom stereocenters. The molecule has 6 heteroatoms. The fraction of sp³-hybridized carbons (Fsp3) is 0. The van der Waals surface area contributed by atoms with Gasteiger partial charge in [0.2, 0.25) is 0 Å². The van der Waals surface area contributed by atoms with Gasteiger partial charge in [-0.25, -0.2) is 0 Å². The lowest BCUT2D eigenvalue weighted by atomic mass is 10.2. The Morgan fingerprint density at radius 3 is 2.71 bits per heavy atom. The van der Waals surface area contributed by atoms with Crippen LogP contribution in [0.4, 0.5) is 5.95 Å². The second kappa shape index (κ2) is 3.48. The first-order valence-corrected chi connectivity index (χ1v) is 4.47. The molecule has 14 heavy (non-hydrogen) atoms. The number of hydrogen-bond donors (Lipinski definition) is 1. The minimum absolute atomic E-state index is 0.0658. The third-order valence-corrected chi connectivity index (χ3v) is 2.17. The highest BCUT2D eigenvalue weighted by Gasteiger charge is 2.10. The Labute approximate surface area is 89.6 Å². The van der Waals surface area contributed by atoms with Gasteiger partial charge >= 0.3 is 0 Å². The van der Waals surface area contributed by atoms with E-state index in [1.54, 1.807) is 18.2 Å². The lowest BCUT2D eigenvalue weighted by Gasteiger charge is -1.98. The summed E-state index contributed by atoms with van der Waals surface area (Å²) in [7, 11) is 0. The van der Waals surface area contributed by atoms with E-state index in [1.807, 2.05) is 0 Å². The Morgan fingerprint density at radius 2 is 2.07 bits per heavy atom. The fourth-order valence-corrected chi connectivity index (χ4v) is 1.38. The molecule has 72 valence electrons. The van der Waals surface area contributed by atoms with Gasteiger partial charge < -0.3 is 10.3 Å². The maximum atomic E-state index is 5.91. The molecule has 0 saturated heterocycles. The lowest BCUT2D eigenvalue weighted by molar-refractivity contribution is 0.433. The summed E-state index contributed by atoms with van der Waals surface area (Å²) in [5.41, 5.74) is 5.88. The van der Waals surface area contributed by atoms with Crippen LogP contribution in [-0.4, -0.2) is 10.1 Å². The van der Waals surface area contributed by atoms with Crippen molar-refractivity contribution in [3.05, 3.63) is 28.2 Å². The van der Waals surface area contributed by atoms with Crippen LogP contribution >= 0.6 is 23.2 Å². The molecule has 0 aliphatic carbocycles. The van der Waals surface area contributed by atoms with E-state index >= 15 is 0 Å². The summed E-state index contributed by atoms with van der Waals surface area (Å²) in [6, 6.07) is 4.96. The third kappa shape index (κ3) is 1.66. The van der Waals surface area contributed by atoms with Gasteiger partial charge in [0.05, 0.1) is 10.6 Å². The first-order chi connectivity index (χ1) is 6.66. The van der Waals surface area contributed by atoms with Crippen molar-refractivity contribution in [3.63, 3.8) is 0 Å². The fourth-order valence-electron chi connectivity index (χ4n) is 1.01. The Kier molecular flexibility index (Phi) is 2.31. The molecule has 4 nitrogen and oxygen atoms in total. The second-order valence-corrected chi connectivity index (χ2v) is 3.43. The molecule has 0 saturated carbocycles. The van der Waals surface area contributed by atoms with Crippen molar-refractivity contribution >= 4 is 29.2 Å². The van der Waals surface area contributed by atoms with Gasteiger partial charge in [-0.2, -0.15) is 4.98 Å². The number of rotatable bonds is 1. The SMILES string of the molecule is Nc1noc(-c2cc(Cl)ccc2Cl)n1. The molecule has 0 aliphatic rings. The highest BCUT2D eigenvalue weighted by molar-refractivity contribution is 6.35. The van der Waals surface area contributed by atoms with Gasteiger partial charge in [0.25, 0.3) is 11.8 Å². The van der Waals surface area contributed by atoms with Gasteiger partial charge in [0.1, 0.15) is 0 Å². The van der Waals surface area contributed by atoms with Gasteiger partial charge in [-0.15, -0.1) is 0 Å². The predicted molar refractivity (Wildman–Crippen MR) is 54.2 cm³/mol. The second-order valence-electron chi connectivity index (χ2n) is 2.58. The van der Waals surface area contributed by atoms with Crippen LogP contribution in [0, 0.1) is 0 Å².